The zero-order valence-corrected chi connectivity index (χ0v) is 24.6. The van der Waals surface area contributed by atoms with E-state index in [0.29, 0.717) is 0 Å². The Morgan fingerprint density at radius 3 is 2.09 bits per heavy atom. The number of rotatable bonds is 13. The minimum absolute atomic E-state index is 0.138. The molecule has 1 unspecified atom stereocenters. The van der Waals surface area contributed by atoms with Gasteiger partial charge in [-0.05, 0) is 97.8 Å². The van der Waals surface area contributed by atoms with Gasteiger partial charge in [-0.15, -0.1) is 0 Å². The molecule has 1 aliphatic rings. The molecule has 1 atom stereocenters. The van der Waals surface area contributed by atoms with Crippen molar-refractivity contribution in [3.63, 3.8) is 0 Å². The Hall–Kier alpha value is -1.27. The van der Waals surface area contributed by atoms with Crippen molar-refractivity contribution in [2.75, 3.05) is 0 Å². The van der Waals surface area contributed by atoms with Crippen molar-refractivity contribution in [1.82, 2.24) is 0 Å². The highest BCUT2D eigenvalue weighted by Crippen LogP contribution is 2.46. The Labute approximate surface area is 215 Å². The Morgan fingerprint density at radius 1 is 0.943 bits per heavy atom. The molecule has 0 amide bonds. The number of hydrogen-bond donors (Lipinski definition) is 1. The molecule has 35 heavy (non-hydrogen) atoms. The molecule has 6 heteroatoms. The monoisotopic (exact) mass is 510 g/mol. The fraction of sp³-hybridized carbons (Fsp3) is 0.793. The van der Waals surface area contributed by atoms with E-state index in [1.165, 1.54) is 64.4 Å². The van der Waals surface area contributed by atoms with E-state index in [9.17, 15) is 13.0 Å². The van der Waals surface area contributed by atoms with Crippen molar-refractivity contribution < 1.29 is 22.4 Å². The van der Waals surface area contributed by atoms with E-state index in [1.807, 2.05) is 20.8 Å². The largest absolute Gasteiger partial charge is 0.487 e. The van der Waals surface area contributed by atoms with E-state index in [0.717, 1.165) is 47.5 Å². The lowest BCUT2D eigenvalue weighted by molar-refractivity contribution is 0.0509. The van der Waals surface area contributed by atoms with Gasteiger partial charge in [0, 0.05) is 12.0 Å². The third-order valence-corrected chi connectivity index (χ3v) is 9.34. The fourth-order valence-corrected chi connectivity index (χ4v) is 6.03. The SMILES string of the molecule is CCCCCCCCCC1(C)CCc2c(C)c(OC(C)(C)CC(C)(C)S(=O)(=O)O)c(C)c(C)c2O1. The van der Waals surface area contributed by atoms with Crippen LogP contribution < -0.4 is 9.47 Å². The van der Waals surface area contributed by atoms with Crippen LogP contribution in [0.2, 0.25) is 0 Å². The van der Waals surface area contributed by atoms with Crippen LogP contribution in [0, 0.1) is 20.8 Å². The topological polar surface area (TPSA) is 72.8 Å². The van der Waals surface area contributed by atoms with Crippen LogP contribution in [-0.2, 0) is 16.5 Å². The second kappa shape index (κ2) is 11.4. The van der Waals surface area contributed by atoms with Crippen LogP contribution >= 0.6 is 0 Å². The molecule has 0 spiro atoms. The van der Waals surface area contributed by atoms with Gasteiger partial charge in [0.2, 0.25) is 0 Å². The lowest BCUT2D eigenvalue weighted by Gasteiger charge is -2.39. The Morgan fingerprint density at radius 2 is 1.51 bits per heavy atom. The summed E-state index contributed by atoms with van der Waals surface area (Å²) in [5, 5.41) is 0. The van der Waals surface area contributed by atoms with Crippen molar-refractivity contribution in [2.24, 2.45) is 0 Å². The maximum atomic E-state index is 11.9. The van der Waals surface area contributed by atoms with Crippen molar-refractivity contribution in [3.05, 3.63) is 22.3 Å². The van der Waals surface area contributed by atoms with Gasteiger partial charge in [0.05, 0.1) is 4.75 Å². The first-order valence-electron chi connectivity index (χ1n) is 13.5. The van der Waals surface area contributed by atoms with Crippen LogP contribution in [0.15, 0.2) is 0 Å². The van der Waals surface area contributed by atoms with E-state index in [1.54, 1.807) is 0 Å². The van der Waals surface area contributed by atoms with E-state index < -0.39 is 20.5 Å². The van der Waals surface area contributed by atoms with Gasteiger partial charge in [0.1, 0.15) is 22.7 Å². The predicted octanol–water partition coefficient (Wildman–Crippen LogP) is 8.05. The highest BCUT2D eigenvalue weighted by molar-refractivity contribution is 7.87. The summed E-state index contributed by atoms with van der Waals surface area (Å²) in [6.07, 6.45) is 12.3. The molecule has 1 heterocycles. The first kappa shape index (κ1) is 30.0. The average Bonchev–Trinajstić information content (AvgIpc) is 2.73. The Kier molecular flexibility index (Phi) is 9.77. The van der Waals surface area contributed by atoms with Gasteiger partial charge in [-0.2, -0.15) is 8.42 Å². The number of benzene rings is 1. The average molecular weight is 511 g/mol. The first-order chi connectivity index (χ1) is 16.0. The minimum Gasteiger partial charge on any atom is -0.487 e. The van der Waals surface area contributed by atoms with Gasteiger partial charge in [-0.1, -0.05) is 45.4 Å². The summed E-state index contributed by atoms with van der Waals surface area (Å²) >= 11 is 0. The Bertz CT molecular complexity index is 978. The highest BCUT2D eigenvalue weighted by atomic mass is 32.2. The maximum absolute atomic E-state index is 11.9. The maximum Gasteiger partial charge on any atom is 0.270 e. The van der Waals surface area contributed by atoms with E-state index in [-0.39, 0.29) is 12.0 Å². The molecule has 0 saturated heterocycles. The number of fused-ring (bicyclic) bond motifs is 1. The van der Waals surface area contributed by atoms with Crippen molar-refractivity contribution in [3.8, 4) is 11.5 Å². The summed E-state index contributed by atoms with van der Waals surface area (Å²) in [5.74, 6) is 1.80. The number of ether oxygens (including phenoxy) is 2. The zero-order chi connectivity index (χ0) is 26.7. The molecule has 1 aromatic carbocycles. The van der Waals surface area contributed by atoms with Gasteiger partial charge in [0.15, 0.2) is 0 Å². The fourth-order valence-electron chi connectivity index (χ4n) is 5.50. The molecule has 0 aliphatic carbocycles. The molecule has 0 saturated carbocycles. The number of unbranched alkanes of at least 4 members (excludes halogenated alkanes) is 6. The second-order valence-electron chi connectivity index (χ2n) is 12.2. The molecule has 1 aromatic rings. The van der Waals surface area contributed by atoms with Gasteiger partial charge in [-0.3, -0.25) is 4.55 Å². The van der Waals surface area contributed by atoms with Gasteiger partial charge in [0.25, 0.3) is 10.1 Å². The summed E-state index contributed by atoms with van der Waals surface area (Å²) in [6, 6.07) is 0. The van der Waals surface area contributed by atoms with Crippen molar-refractivity contribution in [2.45, 2.75) is 149 Å². The standard InChI is InChI=1S/C29H50O5S/c1-10-11-12-13-14-15-16-18-29(9)19-17-24-23(4)25(21(2)22(3)26(24)34-29)33-27(5,6)20-28(7,8)35(30,31)32/h10-20H2,1-9H3,(H,30,31,32). The summed E-state index contributed by atoms with van der Waals surface area (Å²) in [5.41, 5.74) is 3.47. The summed E-state index contributed by atoms with van der Waals surface area (Å²) < 4.78 is 45.3. The molecule has 1 aliphatic heterocycles. The third kappa shape index (κ3) is 7.61. The molecule has 0 bridgehead atoms. The zero-order valence-electron chi connectivity index (χ0n) is 23.8. The second-order valence-corrected chi connectivity index (χ2v) is 14.3. The van der Waals surface area contributed by atoms with E-state index >= 15 is 0 Å². The van der Waals surface area contributed by atoms with Crippen LogP contribution in [0.25, 0.3) is 0 Å². The molecular weight excluding hydrogens is 460 g/mol. The predicted molar refractivity (Wildman–Crippen MR) is 146 cm³/mol. The molecule has 1 N–H and O–H groups in total. The summed E-state index contributed by atoms with van der Waals surface area (Å²) in [7, 11) is -4.20. The van der Waals surface area contributed by atoms with Crippen LogP contribution in [0.1, 0.15) is 128 Å². The molecule has 202 valence electrons. The molecular formula is C29H50O5S. The van der Waals surface area contributed by atoms with Gasteiger partial charge < -0.3 is 9.47 Å². The van der Waals surface area contributed by atoms with E-state index in [4.69, 9.17) is 9.47 Å². The highest BCUT2D eigenvalue weighted by Gasteiger charge is 2.41. The molecule has 0 aromatic heterocycles. The smallest absolute Gasteiger partial charge is 0.270 e. The van der Waals surface area contributed by atoms with Gasteiger partial charge >= 0.3 is 0 Å². The quantitative estimate of drug-likeness (QED) is 0.215. The lowest BCUT2D eigenvalue weighted by atomic mass is 9.84. The van der Waals surface area contributed by atoms with E-state index in [2.05, 4.69) is 27.7 Å². The number of hydrogen-bond acceptors (Lipinski definition) is 4. The lowest BCUT2D eigenvalue weighted by Crippen LogP contribution is -2.42. The van der Waals surface area contributed by atoms with Crippen LogP contribution in [0.4, 0.5) is 0 Å². The van der Waals surface area contributed by atoms with Crippen LogP contribution in [0.5, 0.6) is 11.5 Å². The summed E-state index contributed by atoms with van der Waals surface area (Å²) in [6.45, 7) is 17.5. The molecule has 2 rings (SSSR count). The minimum atomic E-state index is -4.20. The third-order valence-electron chi connectivity index (χ3n) is 7.80. The van der Waals surface area contributed by atoms with Crippen molar-refractivity contribution in [1.29, 1.82) is 0 Å². The Balaban J connectivity index is 2.17. The van der Waals surface area contributed by atoms with Gasteiger partial charge in [-0.25, -0.2) is 0 Å². The van der Waals surface area contributed by atoms with Crippen molar-refractivity contribution >= 4 is 10.1 Å². The first-order valence-corrected chi connectivity index (χ1v) is 15.0. The normalized spacial score (nSPS) is 18.8. The molecule has 0 radical (unpaired) electrons. The van der Waals surface area contributed by atoms with Crippen LogP contribution in [-0.4, -0.2) is 28.9 Å². The molecule has 5 nitrogen and oxygen atoms in total. The van der Waals surface area contributed by atoms with Crippen LogP contribution in [0.3, 0.4) is 0 Å². The summed E-state index contributed by atoms with van der Waals surface area (Å²) in [4.78, 5) is 0. The molecule has 0 fully saturated rings.